The van der Waals surface area contributed by atoms with Gasteiger partial charge in [-0.2, -0.15) is 0 Å². The molecule has 0 aromatic rings. The molecule has 0 amide bonds. The van der Waals surface area contributed by atoms with Crippen LogP contribution >= 0.6 is 0 Å². The van der Waals surface area contributed by atoms with E-state index >= 15 is 0 Å². The topological polar surface area (TPSA) is 119 Å². The summed E-state index contributed by atoms with van der Waals surface area (Å²) >= 11 is 0. The minimum atomic E-state index is -1.43. The molecule has 8 heteroatoms. The molecular weight excluding hydrogens is 392 g/mol. The van der Waals surface area contributed by atoms with Crippen molar-refractivity contribution in [1.29, 1.82) is 0 Å². The highest BCUT2D eigenvalue weighted by Gasteiger charge is 2.58. The van der Waals surface area contributed by atoms with Gasteiger partial charge in [0.2, 0.25) is 0 Å². The summed E-state index contributed by atoms with van der Waals surface area (Å²) in [6.45, 7) is 17.4. The van der Waals surface area contributed by atoms with Crippen LogP contribution in [0.25, 0.3) is 0 Å². The van der Waals surface area contributed by atoms with Crippen LogP contribution in [0.1, 0.15) is 20.3 Å². The molecule has 6 atom stereocenters. The summed E-state index contributed by atoms with van der Waals surface area (Å²) in [5.41, 5.74) is -0.355. The van der Waals surface area contributed by atoms with Crippen molar-refractivity contribution in [2.75, 3.05) is 13.2 Å². The van der Waals surface area contributed by atoms with Gasteiger partial charge in [-0.15, -0.1) is 6.58 Å². The quantitative estimate of drug-likeness (QED) is 0.261. The third kappa shape index (κ3) is 4.39. The molecule has 6 unspecified atom stereocenters. The van der Waals surface area contributed by atoms with E-state index in [-0.39, 0.29) is 24.2 Å². The Morgan fingerprint density at radius 2 is 2.03 bits per heavy atom. The van der Waals surface area contributed by atoms with Crippen LogP contribution in [0.4, 0.5) is 0 Å². The first-order chi connectivity index (χ1) is 14.0. The third-order valence-electron chi connectivity index (χ3n) is 5.82. The van der Waals surface area contributed by atoms with Gasteiger partial charge in [0, 0.05) is 18.4 Å². The van der Waals surface area contributed by atoms with E-state index < -0.39 is 60.1 Å². The Hall–Kier alpha value is -2.71. The van der Waals surface area contributed by atoms with Crippen LogP contribution in [0.2, 0.25) is 0 Å². The van der Waals surface area contributed by atoms with Crippen LogP contribution in [0.5, 0.6) is 0 Å². The largest absolute Gasteiger partial charge is 0.463 e. The fourth-order valence-corrected chi connectivity index (χ4v) is 4.15. The van der Waals surface area contributed by atoms with Gasteiger partial charge in [0.15, 0.2) is 0 Å². The van der Waals surface area contributed by atoms with Crippen molar-refractivity contribution in [2.45, 2.75) is 38.6 Å². The third-order valence-corrected chi connectivity index (χ3v) is 5.82. The maximum absolute atomic E-state index is 12.6. The number of fused-ring (bicyclic) bond motifs is 1. The predicted octanol–water partition coefficient (Wildman–Crippen LogP) is 1.24. The van der Waals surface area contributed by atoms with E-state index in [2.05, 4.69) is 31.1 Å². The second kappa shape index (κ2) is 8.97. The smallest absolute Gasteiger partial charge is 0.336 e. The van der Waals surface area contributed by atoms with Crippen LogP contribution < -0.4 is 0 Å². The number of carbonyl (C=O) groups is 3. The molecule has 0 radical (unpaired) electrons. The van der Waals surface area contributed by atoms with Gasteiger partial charge < -0.3 is 24.4 Å². The highest BCUT2D eigenvalue weighted by Crippen LogP contribution is 2.53. The maximum atomic E-state index is 12.6. The number of rotatable bonds is 8. The van der Waals surface area contributed by atoms with E-state index in [0.717, 1.165) is 0 Å². The number of ether oxygens (including phenoxy) is 3. The molecule has 0 aromatic carbocycles. The van der Waals surface area contributed by atoms with Gasteiger partial charge in [0.25, 0.3) is 0 Å². The molecule has 2 fully saturated rings. The number of allylic oxidation sites excluding steroid dienone is 1. The van der Waals surface area contributed by atoms with E-state index in [4.69, 9.17) is 9.47 Å². The van der Waals surface area contributed by atoms with E-state index in [1.165, 1.54) is 6.92 Å². The van der Waals surface area contributed by atoms with Crippen LogP contribution in [0.3, 0.4) is 0 Å². The summed E-state index contributed by atoms with van der Waals surface area (Å²) in [5.74, 6) is -3.21. The number of aliphatic hydroxyl groups excluding tert-OH is 2. The molecule has 0 bridgehead atoms. The normalized spacial score (nSPS) is 31.2. The Morgan fingerprint density at radius 3 is 2.57 bits per heavy atom. The second-order valence-corrected chi connectivity index (χ2v) is 7.92. The number of hydrogen-bond acceptors (Lipinski definition) is 8. The maximum Gasteiger partial charge on any atom is 0.336 e. The molecule has 164 valence electrons. The Balaban J connectivity index is 2.28. The molecule has 0 aromatic heterocycles. The molecule has 0 spiro atoms. The Bertz CT molecular complexity index is 797. The van der Waals surface area contributed by atoms with Crippen molar-refractivity contribution in [3.05, 3.63) is 49.1 Å². The lowest BCUT2D eigenvalue weighted by Gasteiger charge is -2.48. The summed E-state index contributed by atoms with van der Waals surface area (Å²) in [5, 5.41) is 19.7. The summed E-state index contributed by atoms with van der Waals surface area (Å²) in [4.78, 5) is 35.7. The molecule has 30 heavy (non-hydrogen) atoms. The summed E-state index contributed by atoms with van der Waals surface area (Å²) in [6.07, 6.45) is -1.06. The lowest BCUT2D eigenvalue weighted by molar-refractivity contribution is -0.161. The zero-order valence-corrected chi connectivity index (χ0v) is 17.3. The van der Waals surface area contributed by atoms with Crippen molar-refractivity contribution in [3.63, 3.8) is 0 Å². The Labute approximate surface area is 175 Å². The van der Waals surface area contributed by atoms with Crippen molar-refractivity contribution < 1.29 is 38.8 Å². The minimum Gasteiger partial charge on any atom is -0.463 e. The molecule has 2 aliphatic rings. The van der Waals surface area contributed by atoms with Gasteiger partial charge in [-0.1, -0.05) is 32.7 Å². The zero-order valence-electron chi connectivity index (χ0n) is 17.3. The van der Waals surface area contributed by atoms with E-state index in [0.29, 0.717) is 5.57 Å². The molecule has 1 heterocycles. The Morgan fingerprint density at radius 1 is 1.40 bits per heavy atom. The lowest BCUT2D eigenvalue weighted by Crippen LogP contribution is -2.52. The second-order valence-electron chi connectivity index (χ2n) is 7.92. The average molecular weight is 420 g/mol. The zero-order chi connectivity index (χ0) is 22.8. The van der Waals surface area contributed by atoms with Crippen LogP contribution in [-0.4, -0.2) is 59.6 Å². The van der Waals surface area contributed by atoms with Crippen LogP contribution in [-0.2, 0) is 28.6 Å². The van der Waals surface area contributed by atoms with E-state index in [9.17, 15) is 24.6 Å². The van der Waals surface area contributed by atoms with Crippen LogP contribution in [0, 0.1) is 17.3 Å². The number of carbonyl (C=O) groups excluding carboxylic acids is 3. The van der Waals surface area contributed by atoms with Gasteiger partial charge in [-0.05, 0) is 17.4 Å². The summed E-state index contributed by atoms with van der Waals surface area (Å²) in [6, 6.07) is 0. The summed E-state index contributed by atoms with van der Waals surface area (Å²) < 4.78 is 15.8. The van der Waals surface area contributed by atoms with Gasteiger partial charge in [-0.25, -0.2) is 9.59 Å². The monoisotopic (exact) mass is 420 g/mol. The Kier molecular flexibility index (Phi) is 7.05. The van der Waals surface area contributed by atoms with Gasteiger partial charge in [0.05, 0.1) is 18.1 Å². The lowest BCUT2D eigenvalue weighted by atomic mass is 9.59. The molecule has 1 saturated carbocycles. The molecule has 1 aliphatic heterocycles. The molecule has 2 N–H and O–H groups in total. The van der Waals surface area contributed by atoms with E-state index in [1.807, 2.05) is 6.92 Å². The molecule has 8 nitrogen and oxygen atoms in total. The first-order valence-electron chi connectivity index (χ1n) is 9.50. The number of hydrogen-bond donors (Lipinski definition) is 2. The summed E-state index contributed by atoms with van der Waals surface area (Å²) in [7, 11) is 0. The van der Waals surface area contributed by atoms with Gasteiger partial charge >= 0.3 is 17.9 Å². The molecule has 2 rings (SSSR count). The molecular formula is C22H28O8. The molecule has 1 saturated heterocycles. The fourth-order valence-electron chi connectivity index (χ4n) is 4.15. The van der Waals surface area contributed by atoms with E-state index in [1.54, 1.807) is 6.08 Å². The molecule has 1 aliphatic carbocycles. The van der Waals surface area contributed by atoms with Crippen LogP contribution in [0.15, 0.2) is 49.1 Å². The highest BCUT2D eigenvalue weighted by atomic mass is 16.6. The van der Waals surface area contributed by atoms with Crippen molar-refractivity contribution in [2.24, 2.45) is 17.3 Å². The van der Waals surface area contributed by atoms with Gasteiger partial charge in [0.1, 0.15) is 24.9 Å². The first-order valence-corrected chi connectivity index (χ1v) is 9.50. The standard InChI is InChI=1S/C22H28O8/c1-7-22(6)8-16(29-20(26)12(3)15(25)10-28-14(5)24)17-13(4)21(27)30-19(17)18(22)11(2)9-23/h7,15-19,23,25H,1-4,8-10H2,5-6H3. The predicted molar refractivity (Wildman–Crippen MR) is 107 cm³/mol. The number of esters is 3. The van der Waals surface area contributed by atoms with Crippen molar-refractivity contribution in [1.82, 2.24) is 0 Å². The highest BCUT2D eigenvalue weighted by molar-refractivity contribution is 5.92. The average Bonchev–Trinajstić information content (AvgIpc) is 2.99. The first kappa shape index (κ1) is 23.6. The van der Waals surface area contributed by atoms with Crippen molar-refractivity contribution >= 4 is 17.9 Å². The van der Waals surface area contributed by atoms with Gasteiger partial charge in [-0.3, -0.25) is 4.79 Å². The number of aliphatic hydroxyl groups is 2. The fraction of sp³-hybridized carbons (Fsp3) is 0.500. The van der Waals surface area contributed by atoms with Crippen molar-refractivity contribution in [3.8, 4) is 0 Å². The SMILES string of the molecule is C=CC1(C)CC(OC(=O)C(=C)C(O)COC(C)=O)C2C(=C)C(=O)OC2C1C(=C)CO. The minimum absolute atomic E-state index is 0.158.